The first-order valence-electron chi connectivity index (χ1n) is 7.40. The average molecular weight is 290 g/mol. The lowest BCUT2D eigenvalue weighted by atomic mass is 10.0. The Kier molecular flexibility index (Phi) is 5.96. The lowest BCUT2D eigenvalue weighted by molar-refractivity contribution is 0.242. The van der Waals surface area contributed by atoms with Crippen LogP contribution in [-0.4, -0.2) is 25.0 Å². The SMILES string of the molecule is CCN(CCC(NC)c1cccc(F)c1)Cc1ccco1. The predicted octanol–water partition coefficient (Wildman–Crippen LogP) is 3.59. The molecule has 0 amide bonds. The van der Waals surface area contributed by atoms with Gasteiger partial charge < -0.3 is 9.73 Å². The molecule has 2 aromatic rings. The summed E-state index contributed by atoms with van der Waals surface area (Å²) in [6, 6.07) is 10.9. The van der Waals surface area contributed by atoms with Gasteiger partial charge >= 0.3 is 0 Å². The monoisotopic (exact) mass is 290 g/mol. The molecule has 114 valence electrons. The molecule has 1 unspecified atom stereocenters. The minimum absolute atomic E-state index is 0.159. The molecule has 4 heteroatoms. The second-order valence-electron chi connectivity index (χ2n) is 5.13. The molecule has 0 aliphatic carbocycles. The van der Waals surface area contributed by atoms with Crippen molar-refractivity contribution in [3.63, 3.8) is 0 Å². The highest BCUT2D eigenvalue weighted by atomic mass is 19.1. The zero-order chi connectivity index (χ0) is 15.1. The van der Waals surface area contributed by atoms with Crippen LogP contribution in [0.15, 0.2) is 47.1 Å². The first-order valence-corrected chi connectivity index (χ1v) is 7.40. The van der Waals surface area contributed by atoms with Crippen LogP contribution in [0.25, 0.3) is 0 Å². The van der Waals surface area contributed by atoms with Crippen LogP contribution in [0.5, 0.6) is 0 Å². The Bertz CT molecular complexity index is 527. The van der Waals surface area contributed by atoms with E-state index >= 15 is 0 Å². The van der Waals surface area contributed by atoms with Crippen LogP contribution in [0, 0.1) is 5.82 Å². The van der Waals surface area contributed by atoms with Crippen LogP contribution in [0.1, 0.15) is 30.7 Å². The number of nitrogens with zero attached hydrogens (tertiary/aromatic N) is 1. The Balaban J connectivity index is 1.92. The minimum atomic E-state index is -0.185. The fraction of sp³-hybridized carbons (Fsp3) is 0.412. The summed E-state index contributed by atoms with van der Waals surface area (Å²) < 4.78 is 18.7. The molecule has 0 saturated heterocycles. The molecule has 21 heavy (non-hydrogen) atoms. The fourth-order valence-corrected chi connectivity index (χ4v) is 2.48. The van der Waals surface area contributed by atoms with Gasteiger partial charge in [0.15, 0.2) is 0 Å². The molecule has 1 heterocycles. The third-order valence-electron chi connectivity index (χ3n) is 3.74. The van der Waals surface area contributed by atoms with Crippen molar-refractivity contribution in [3.05, 3.63) is 59.8 Å². The number of benzene rings is 1. The summed E-state index contributed by atoms with van der Waals surface area (Å²) >= 11 is 0. The third kappa shape index (κ3) is 4.69. The maximum Gasteiger partial charge on any atom is 0.123 e. The molecule has 0 radical (unpaired) electrons. The molecule has 0 fully saturated rings. The van der Waals surface area contributed by atoms with E-state index in [1.165, 1.54) is 6.07 Å². The van der Waals surface area contributed by atoms with Crippen LogP contribution in [-0.2, 0) is 6.54 Å². The van der Waals surface area contributed by atoms with Gasteiger partial charge in [0.25, 0.3) is 0 Å². The Hall–Kier alpha value is -1.65. The summed E-state index contributed by atoms with van der Waals surface area (Å²) in [7, 11) is 1.92. The van der Waals surface area contributed by atoms with Gasteiger partial charge in [0.2, 0.25) is 0 Å². The van der Waals surface area contributed by atoms with E-state index in [4.69, 9.17) is 4.42 Å². The number of nitrogens with one attached hydrogen (secondary N) is 1. The van der Waals surface area contributed by atoms with E-state index in [1.54, 1.807) is 18.4 Å². The van der Waals surface area contributed by atoms with Crippen LogP contribution in [0.3, 0.4) is 0 Å². The molecule has 1 atom stereocenters. The van der Waals surface area contributed by atoms with Gasteiger partial charge in [-0.25, -0.2) is 4.39 Å². The molecular formula is C17H23FN2O. The lowest BCUT2D eigenvalue weighted by Crippen LogP contribution is -2.28. The fourth-order valence-electron chi connectivity index (χ4n) is 2.48. The molecule has 1 N–H and O–H groups in total. The van der Waals surface area contributed by atoms with Crippen molar-refractivity contribution in [1.29, 1.82) is 0 Å². The minimum Gasteiger partial charge on any atom is -0.468 e. The molecule has 3 nitrogen and oxygen atoms in total. The summed E-state index contributed by atoms with van der Waals surface area (Å²) in [5.74, 6) is 0.791. The normalized spacial score (nSPS) is 12.8. The summed E-state index contributed by atoms with van der Waals surface area (Å²) in [6.07, 6.45) is 2.63. The molecule has 0 spiro atoms. The second kappa shape index (κ2) is 7.96. The Morgan fingerprint density at radius 2 is 2.14 bits per heavy atom. The Morgan fingerprint density at radius 3 is 2.76 bits per heavy atom. The number of hydrogen-bond acceptors (Lipinski definition) is 3. The summed E-state index contributed by atoms with van der Waals surface area (Å²) in [5, 5.41) is 3.27. The van der Waals surface area contributed by atoms with Crippen molar-refractivity contribution in [2.45, 2.75) is 25.9 Å². The van der Waals surface area contributed by atoms with Crippen molar-refractivity contribution in [1.82, 2.24) is 10.2 Å². The van der Waals surface area contributed by atoms with Crippen molar-refractivity contribution in [3.8, 4) is 0 Å². The Labute approximate surface area is 125 Å². The standard InChI is InChI=1S/C17H23FN2O/c1-3-20(13-16-8-5-11-21-16)10-9-17(19-2)14-6-4-7-15(18)12-14/h4-8,11-12,17,19H,3,9-10,13H2,1-2H3. The number of furan rings is 1. The number of halogens is 1. The van der Waals surface area contributed by atoms with Gasteiger partial charge in [-0.1, -0.05) is 19.1 Å². The lowest BCUT2D eigenvalue weighted by Gasteiger charge is -2.23. The molecular weight excluding hydrogens is 267 g/mol. The van der Waals surface area contributed by atoms with E-state index in [2.05, 4.69) is 17.1 Å². The van der Waals surface area contributed by atoms with Gasteiger partial charge in [0.1, 0.15) is 11.6 Å². The molecule has 0 bridgehead atoms. The largest absolute Gasteiger partial charge is 0.468 e. The smallest absolute Gasteiger partial charge is 0.123 e. The van der Waals surface area contributed by atoms with E-state index in [0.717, 1.165) is 37.4 Å². The van der Waals surface area contributed by atoms with Gasteiger partial charge in [-0.05, 0) is 49.8 Å². The highest BCUT2D eigenvalue weighted by molar-refractivity contribution is 5.20. The zero-order valence-electron chi connectivity index (χ0n) is 12.7. The highest BCUT2D eigenvalue weighted by Crippen LogP contribution is 2.18. The van der Waals surface area contributed by atoms with E-state index in [0.29, 0.717) is 0 Å². The quantitative estimate of drug-likeness (QED) is 0.805. The number of hydrogen-bond donors (Lipinski definition) is 1. The molecule has 1 aromatic carbocycles. The van der Waals surface area contributed by atoms with Crippen LogP contribution in [0.2, 0.25) is 0 Å². The summed E-state index contributed by atoms with van der Waals surface area (Å²) in [6.45, 7) is 4.84. The predicted molar refractivity (Wildman–Crippen MR) is 82.5 cm³/mol. The van der Waals surface area contributed by atoms with Crippen molar-refractivity contribution in [2.75, 3.05) is 20.1 Å². The Morgan fingerprint density at radius 1 is 1.29 bits per heavy atom. The van der Waals surface area contributed by atoms with Crippen molar-refractivity contribution < 1.29 is 8.81 Å². The molecule has 0 aliphatic rings. The molecule has 1 aromatic heterocycles. The number of rotatable bonds is 8. The van der Waals surface area contributed by atoms with Crippen LogP contribution < -0.4 is 5.32 Å². The van der Waals surface area contributed by atoms with E-state index in [1.807, 2.05) is 25.2 Å². The average Bonchev–Trinajstić information content (AvgIpc) is 2.99. The topological polar surface area (TPSA) is 28.4 Å². The molecule has 0 saturated carbocycles. The summed E-state index contributed by atoms with van der Waals surface area (Å²) in [4.78, 5) is 2.32. The zero-order valence-corrected chi connectivity index (χ0v) is 12.7. The van der Waals surface area contributed by atoms with Gasteiger partial charge in [-0.2, -0.15) is 0 Å². The highest BCUT2D eigenvalue weighted by Gasteiger charge is 2.13. The molecule has 2 rings (SSSR count). The van der Waals surface area contributed by atoms with Gasteiger partial charge in [-0.3, -0.25) is 4.90 Å². The van der Waals surface area contributed by atoms with Gasteiger partial charge in [0, 0.05) is 12.6 Å². The van der Waals surface area contributed by atoms with Crippen LogP contribution in [0.4, 0.5) is 4.39 Å². The maximum atomic E-state index is 13.3. The van der Waals surface area contributed by atoms with Crippen molar-refractivity contribution >= 4 is 0 Å². The first-order chi connectivity index (χ1) is 10.2. The maximum absolute atomic E-state index is 13.3. The second-order valence-corrected chi connectivity index (χ2v) is 5.13. The van der Waals surface area contributed by atoms with Gasteiger partial charge in [0.05, 0.1) is 12.8 Å². The molecule has 0 aliphatic heterocycles. The van der Waals surface area contributed by atoms with Gasteiger partial charge in [-0.15, -0.1) is 0 Å². The van der Waals surface area contributed by atoms with Crippen molar-refractivity contribution in [2.24, 2.45) is 0 Å². The summed E-state index contributed by atoms with van der Waals surface area (Å²) in [5.41, 5.74) is 0.992. The van der Waals surface area contributed by atoms with E-state index < -0.39 is 0 Å². The van der Waals surface area contributed by atoms with E-state index in [-0.39, 0.29) is 11.9 Å². The third-order valence-corrected chi connectivity index (χ3v) is 3.74. The first kappa shape index (κ1) is 15.7. The van der Waals surface area contributed by atoms with E-state index in [9.17, 15) is 4.39 Å². The van der Waals surface area contributed by atoms with Crippen LogP contribution >= 0.6 is 0 Å².